The smallest absolute Gasteiger partial charge is 0.258 e. The van der Waals surface area contributed by atoms with Crippen molar-refractivity contribution in [2.45, 2.75) is 19.4 Å². The average molecular weight is 289 g/mol. The van der Waals surface area contributed by atoms with Crippen molar-refractivity contribution in [2.75, 3.05) is 13.7 Å². The third kappa shape index (κ3) is 4.56. The fraction of sp³-hybridized carbons (Fsp3) is 0.312. The number of rotatable bonds is 7. The molecule has 0 aliphatic carbocycles. The Morgan fingerprint density at radius 1 is 1.29 bits per heavy atom. The van der Waals surface area contributed by atoms with Gasteiger partial charge in [-0.25, -0.2) is 0 Å². The number of para-hydroxylation sites is 2. The molecule has 0 fully saturated rings. The zero-order valence-electron chi connectivity index (χ0n) is 12.2. The van der Waals surface area contributed by atoms with E-state index in [1.807, 2.05) is 25.1 Å². The number of carbonyl (C=O) groups is 1. The summed E-state index contributed by atoms with van der Waals surface area (Å²) in [6, 6.07) is 9.12. The van der Waals surface area contributed by atoms with Crippen LogP contribution >= 0.6 is 0 Å². The van der Waals surface area contributed by atoms with E-state index in [1.165, 1.54) is 0 Å². The monoisotopic (exact) mass is 289 g/mol. The van der Waals surface area contributed by atoms with Gasteiger partial charge in [0.2, 0.25) is 0 Å². The lowest BCUT2D eigenvalue weighted by atomic mass is 10.1. The second kappa shape index (κ2) is 7.38. The minimum Gasteiger partial charge on any atom is -0.493 e. The van der Waals surface area contributed by atoms with Gasteiger partial charge in [0.15, 0.2) is 18.1 Å². The Hall–Kier alpha value is -2.43. The topological polar surface area (TPSA) is 60.7 Å². The molecule has 1 aromatic carbocycles. The van der Waals surface area contributed by atoms with E-state index in [0.717, 1.165) is 12.0 Å². The van der Waals surface area contributed by atoms with Gasteiger partial charge in [-0.2, -0.15) is 0 Å². The van der Waals surface area contributed by atoms with Crippen LogP contribution < -0.4 is 14.8 Å². The highest BCUT2D eigenvalue weighted by atomic mass is 16.5. The van der Waals surface area contributed by atoms with Crippen LogP contribution in [-0.4, -0.2) is 25.7 Å². The van der Waals surface area contributed by atoms with Crippen molar-refractivity contribution in [2.24, 2.45) is 0 Å². The summed E-state index contributed by atoms with van der Waals surface area (Å²) in [5, 5.41) is 2.88. The third-order valence-electron chi connectivity index (χ3n) is 2.96. The van der Waals surface area contributed by atoms with E-state index in [9.17, 15) is 4.79 Å². The van der Waals surface area contributed by atoms with Crippen molar-refractivity contribution in [3.8, 4) is 11.5 Å². The van der Waals surface area contributed by atoms with Crippen molar-refractivity contribution in [3.05, 3.63) is 48.4 Å². The Bertz CT molecular complexity index is 565. The number of carbonyl (C=O) groups excluding carboxylic acids is 1. The zero-order valence-corrected chi connectivity index (χ0v) is 12.2. The van der Waals surface area contributed by atoms with Crippen LogP contribution in [-0.2, 0) is 11.2 Å². The summed E-state index contributed by atoms with van der Waals surface area (Å²) in [6.07, 6.45) is 4.01. The Morgan fingerprint density at radius 2 is 2.05 bits per heavy atom. The summed E-state index contributed by atoms with van der Waals surface area (Å²) in [7, 11) is 1.56. The maximum absolute atomic E-state index is 11.9. The van der Waals surface area contributed by atoms with E-state index in [0.29, 0.717) is 11.5 Å². The fourth-order valence-electron chi connectivity index (χ4n) is 2.01. The first-order valence-corrected chi connectivity index (χ1v) is 6.75. The van der Waals surface area contributed by atoms with Gasteiger partial charge in [-0.15, -0.1) is 0 Å². The Balaban J connectivity index is 1.79. The summed E-state index contributed by atoms with van der Waals surface area (Å²) in [6.45, 7) is 1.89. The molecule has 1 amide bonds. The van der Waals surface area contributed by atoms with Crippen LogP contribution in [0, 0.1) is 0 Å². The summed E-state index contributed by atoms with van der Waals surface area (Å²) in [4.78, 5) is 11.9. The lowest BCUT2D eigenvalue weighted by molar-refractivity contribution is -0.123. The molecule has 5 nitrogen and oxygen atoms in total. The molecule has 1 N–H and O–H groups in total. The van der Waals surface area contributed by atoms with Crippen LogP contribution in [0.4, 0.5) is 0 Å². The largest absolute Gasteiger partial charge is 0.493 e. The molecule has 112 valence electrons. The zero-order chi connectivity index (χ0) is 15.1. The highest BCUT2D eigenvalue weighted by molar-refractivity contribution is 5.77. The summed E-state index contributed by atoms with van der Waals surface area (Å²) < 4.78 is 15.6. The van der Waals surface area contributed by atoms with Gasteiger partial charge in [0.25, 0.3) is 5.91 Å². The molecule has 0 spiro atoms. The molecule has 21 heavy (non-hydrogen) atoms. The SMILES string of the molecule is COc1ccccc1OCC(=O)NC(C)Cc1ccoc1. The van der Waals surface area contributed by atoms with Crippen LogP contribution in [0.1, 0.15) is 12.5 Å². The first-order valence-electron chi connectivity index (χ1n) is 6.75. The second-order valence-electron chi connectivity index (χ2n) is 4.74. The van der Waals surface area contributed by atoms with Crippen molar-refractivity contribution in [1.82, 2.24) is 5.32 Å². The first kappa shape index (κ1) is 15.0. The van der Waals surface area contributed by atoms with Gasteiger partial charge in [-0.05, 0) is 37.1 Å². The van der Waals surface area contributed by atoms with E-state index < -0.39 is 0 Å². The molecular formula is C16H19NO4. The standard InChI is InChI=1S/C16H19NO4/c1-12(9-13-7-8-20-10-13)17-16(18)11-21-15-6-4-3-5-14(15)19-2/h3-8,10,12H,9,11H2,1-2H3,(H,17,18). The minimum atomic E-state index is -0.170. The van der Waals surface area contributed by atoms with Gasteiger partial charge in [0, 0.05) is 6.04 Å². The highest BCUT2D eigenvalue weighted by Gasteiger charge is 2.11. The minimum absolute atomic E-state index is 0.0105. The van der Waals surface area contributed by atoms with E-state index in [2.05, 4.69) is 5.32 Å². The van der Waals surface area contributed by atoms with Crippen LogP contribution in [0.15, 0.2) is 47.3 Å². The molecule has 0 aliphatic rings. The number of hydrogen-bond donors (Lipinski definition) is 1. The number of furan rings is 1. The average Bonchev–Trinajstić information content (AvgIpc) is 2.98. The van der Waals surface area contributed by atoms with E-state index >= 15 is 0 Å². The number of amides is 1. The Kier molecular flexibility index (Phi) is 5.26. The first-order chi connectivity index (χ1) is 10.2. The lowest BCUT2D eigenvalue weighted by Gasteiger charge is -2.14. The maximum atomic E-state index is 11.9. The molecule has 0 saturated heterocycles. The van der Waals surface area contributed by atoms with Crippen molar-refractivity contribution in [3.63, 3.8) is 0 Å². The summed E-state index contributed by atoms with van der Waals surface area (Å²) in [5.74, 6) is 0.992. The molecule has 0 bridgehead atoms. The highest BCUT2D eigenvalue weighted by Crippen LogP contribution is 2.25. The molecule has 0 radical (unpaired) electrons. The molecule has 1 atom stereocenters. The van der Waals surface area contributed by atoms with Gasteiger partial charge >= 0.3 is 0 Å². The Labute approximate surface area is 123 Å². The van der Waals surface area contributed by atoms with Gasteiger partial charge < -0.3 is 19.2 Å². The number of nitrogens with one attached hydrogen (secondary N) is 1. The number of benzene rings is 1. The van der Waals surface area contributed by atoms with Gasteiger partial charge in [-0.1, -0.05) is 12.1 Å². The van der Waals surface area contributed by atoms with Crippen molar-refractivity contribution < 1.29 is 18.7 Å². The van der Waals surface area contributed by atoms with Gasteiger partial charge in [0.1, 0.15) is 0 Å². The van der Waals surface area contributed by atoms with Crippen LogP contribution in [0.2, 0.25) is 0 Å². The molecule has 1 heterocycles. The molecule has 0 aliphatic heterocycles. The Morgan fingerprint density at radius 3 is 2.71 bits per heavy atom. The van der Waals surface area contributed by atoms with Crippen LogP contribution in [0.25, 0.3) is 0 Å². The number of ether oxygens (including phenoxy) is 2. The predicted octanol–water partition coefficient (Wildman–Crippen LogP) is 2.41. The number of hydrogen-bond acceptors (Lipinski definition) is 4. The summed E-state index contributed by atoms with van der Waals surface area (Å²) in [5.41, 5.74) is 1.05. The predicted molar refractivity (Wildman–Crippen MR) is 78.5 cm³/mol. The molecule has 2 aromatic rings. The van der Waals surface area contributed by atoms with Crippen molar-refractivity contribution in [1.29, 1.82) is 0 Å². The van der Waals surface area contributed by atoms with Gasteiger partial charge in [0.05, 0.1) is 19.6 Å². The van der Waals surface area contributed by atoms with Gasteiger partial charge in [-0.3, -0.25) is 4.79 Å². The van der Waals surface area contributed by atoms with Crippen molar-refractivity contribution >= 4 is 5.91 Å². The molecule has 2 rings (SSSR count). The van der Waals surface area contributed by atoms with E-state index in [-0.39, 0.29) is 18.6 Å². The molecule has 0 saturated carbocycles. The summed E-state index contributed by atoms with van der Waals surface area (Å²) >= 11 is 0. The molecule has 1 unspecified atom stereocenters. The third-order valence-corrected chi connectivity index (χ3v) is 2.96. The molecular weight excluding hydrogens is 270 g/mol. The second-order valence-corrected chi connectivity index (χ2v) is 4.74. The molecule has 5 heteroatoms. The normalized spacial score (nSPS) is 11.7. The molecule has 1 aromatic heterocycles. The van der Waals surface area contributed by atoms with Crippen LogP contribution in [0.3, 0.4) is 0 Å². The number of methoxy groups -OCH3 is 1. The fourth-order valence-corrected chi connectivity index (χ4v) is 2.01. The quantitative estimate of drug-likeness (QED) is 0.850. The van der Waals surface area contributed by atoms with Crippen LogP contribution in [0.5, 0.6) is 11.5 Å². The maximum Gasteiger partial charge on any atom is 0.258 e. The lowest BCUT2D eigenvalue weighted by Crippen LogP contribution is -2.37. The van der Waals surface area contributed by atoms with E-state index in [4.69, 9.17) is 13.9 Å². The van der Waals surface area contributed by atoms with E-state index in [1.54, 1.807) is 31.8 Å².